The maximum Gasteiger partial charge on any atom is 0.374 e. The predicted octanol–water partition coefficient (Wildman–Crippen LogP) is 1.97. The van der Waals surface area contributed by atoms with Crippen molar-refractivity contribution < 1.29 is 9.53 Å². The number of carbonyl (C=O) groups excluding carboxylic acids is 1. The molecule has 2 rings (SSSR count). The van der Waals surface area contributed by atoms with Gasteiger partial charge in [0, 0.05) is 11.7 Å². The molecule has 0 spiro atoms. The van der Waals surface area contributed by atoms with Gasteiger partial charge in [0.1, 0.15) is 5.52 Å². The Morgan fingerprint density at radius 2 is 2.12 bits per heavy atom. The molecule has 0 fully saturated rings. The predicted molar refractivity (Wildman–Crippen MR) is 63.9 cm³/mol. The van der Waals surface area contributed by atoms with E-state index >= 15 is 0 Å². The fourth-order valence-corrected chi connectivity index (χ4v) is 1.84. The second-order valence-corrected chi connectivity index (χ2v) is 4.80. The number of hydrogen-bond donors (Lipinski definition) is 0. The molecule has 0 bridgehead atoms. The molecule has 0 aliphatic heterocycles. The number of ether oxygens (including phenoxy) is 1. The third-order valence-corrected chi connectivity index (χ3v) is 2.50. The molecular weight excluding hydrogens is 218 g/mol. The zero-order valence-electron chi connectivity index (χ0n) is 10.4. The van der Waals surface area contributed by atoms with Gasteiger partial charge in [0.2, 0.25) is 5.82 Å². The second kappa shape index (κ2) is 3.84. The lowest BCUT2D eigenvalue weighted by atomic mass is 10.1. The fourth-order valence-electron chi connectivity index (χ4n) is 1.84. The van der Waals surface area contributed by atoms with Crippen molar-refractivity contribution in [2.24, 2.45) is 0 Å². The van der Waals surface area contributed by atoms with Crippen LogP contribution in [0, 0.1) is 0 Å². The Hall–Kier alpha value is -1.91. The van der Waals surface area contributed by atoms with E-state index in [0.717, 1.165) is 5.52 Å². The van der Waals surface area contributed by atoms with Gasteiger partial charge in [-0.2, -0.15) is 0 Å². The van der Waals surface area contributed by atoms with E-state index in [-0.39, 0.29) is 5.54 Å². The Morgan fingerprint density at radius 1 is 1.41 bits per heavy atom. The number of rotatable bonds is 1. The van der Waals surface area contributed by atoms with Gasteiger partial charge in [-0.3, -0.25) is 4.98 Å². The van der Waals surface area contributed by atoms with Crippen LogP contribution in [0.2, 0.25) is 0 Å². The number of hydrogen-bond acceptors (Lipinski definition) is 4. The highest BCUT2D eigenvalue weighted by molar-refractivity contribution is 5.91. The van der Waals surface area contributed by atoms with Gasteiger partial charge in [-0.05, 0) is 26.8 Å². The van der Waals surface area contributed by atoms with Gasteiger partial charge >= 0.3 is 5.97 Å². The molecule has 0 aromatic carbocycles. The number of aromatic nitrogens is 3. The van der Waals surface area contributed by atoms with E-state index in [4.69, 9.17) is 4.74 Å². The van der Waals surface area contributed by atoms with Crippen LogP contribution < -0.4 is 0 Å². The van der Waals surface area contributed by atoms with Gasteiger partial charge in [0.15, 0.2) is 0 Å². The zero-order valence-corrected chi connectivity index (χ0v) is 10.4. The van der Waals surface area contributed by atoms with Crippen molar-refractivity contribution in [2.45, 2.75) is 26.3 Å². The molecule has 0 radical (unpaired) electrons. The molecule has 0 unspecified atom stereocenters. The lowest BCUT2D eigenvalue weighted by molar-refractivity contribution is 0.0575. The van der Waals surface area contributed by atoms with Crippen LogP contribution in [0.4, 0.5) is 0 Å². The molecule has 0 aliphatic carbocycles. The van der Waals surface area contributed by atoms with Gasteiger partial charge in [-0.25, -0.2) is 9.78 Å². The van der Waals surface area contributed by atoms with E-state index in [0.29, 0.717) is 11.3 Å². The van der Waals surface area contributed by atoms with Gasteiger partial charge in [-0.15, -0.1) is 0 Å². The minimum absolute atomic E-state index is 0.250. The maximum atomic E-state index is 11.7. The Kier molecular flexibility index (Phi) is 2.61. The Morgan fingerprint density at radius 3 is 2.71 bits per heavy atom. The van der Waals surface area contributed by atoms with Gasteiger partial charge in [-0.1, -0.05) is 0 Å². The molecule has 5 nitrogen and oxygen atoms in total. The summed E-state index contributed by atoms with van der Waals surface area (Å²) in [5, 5.41) is 0. The van der Waals surface area contributed by atoms with Gasteiger partial charge < -0.3 is 9.30 Å². The average Bonchev–Trinajstić information content (AvgIpc) is 2.66. The van der Waals surface area contributed by atoms with Crippen molar-refractivity contribution in [1.82, 2.24) is 14.5 Å². The normalized spacial score (nSPS) is 11.8. The minimum atomic E-state index is -0.434. The van der Waals surface area contributed by atoms with Crippen molar-refractivity contribution >= 4 is 17.0 Å². The lowest BCUT2D eigenvalue weighted by Crippen LogP contribution is -2.26. The molecule has 0 atom stereocenters. The van der Waals surface area contributed by atoms with Crippen molar-refractivity contribution in [3.05, 3.63) is 24.3 Å². The van der Waals surface area contributed by atoms with Crippen LogP contribution in [-0.2, 0) is 10.3 Å². The molecule has 2 aromatic rings. The summed E-state index contributed by atoms with van der Waals surface area (Å²) in [5.74, 6) is -0.126. The first-order valence-electron chi connectivity index (χ1n) is 5.36. The number of methoxy groups -OCH3 is 1. The third kappa shape index (κ3) is 1.88. The summed E-state index contributed by atoms with van der Waals surface area (Å²) in [6.45, 7) is 6.04. The van der Waals surface area contributed by atoms with Crippen LogP contribution in [-0.4, -0.2) is 27.6 Å². The summed E-state index contributed by atoms with van der Waals surface area (Å²) >= 11 is 0. The number of nitrogens with zero attached hydrogens (tertiary/aromatic N) is 3. The number of carbonyl (C=O) groups is 1. The minimum Gasteiger partial charge on any atom is -0.463 e. The monoisotopic (exact) mass is 233 g/mol. The standard InChI is InChI=1S/C12H15N3O2/c1-12(2,3)15-9-5-6-13-7-8(9)14-10(15)11(16)17-4/h5-7H,1-4H3. The summed E-state index contributed by atoms with van der Waals surface area (Å²) in [6.07, 6.45) is 3.33. The molecule has 2 heterocycles. The second-order valence-electron chi connectivity index (χ2n) is 4.80. The number of pyridine rings is 1. The van der Waals surface area contributed by atoms with Crippen LogP contribution in [0.5, 0.6) is 0 Å². The van der Waals surface area contributed by atoms with Crippen LogP contribution in [0.1, 0.15) is 31.4 Å². The number of imidazole rings is 1. The summed E-state index contributed by atoms with van der Waals surface area (Å²) in [6, 6.07) is 1.85. The quantitative estimate of drug-likeness (QED) is 0.707. The molecule has 17 heavy (non-hydrogen) atoms. The number of esters is 1. The molecule has 0 aliphatic rings. The van der Waals surface area contributed by atoms with Crippen molar-refractivity contribution in [2.75, 3.05) is 7.11 Å². The first-order valence-corrected chi connectivity index (χ1v) is 5.36. The van der Waals surface area contributed by atoms with Crippen LogP contribution >= 0.6 is 0 Å². The highest BCUT2D eigenvalue weighted by Gasteiger charge is 2.25. The topological polar surface area (TPSA) is 57.0 Å². The highest BCUT2D eigenvalue weighted by atomic mass is 16.5. The summed E-state index contributed by atoms with van der Waals surface area (Å²) in [7, 11) is 1.35. The molecular formula is C12H15N3O2. The fraction of sp³-hybridized carbons (Fsp3) is 0.417. The van der Waals surface area contributed by atoms with E-state index in [1.54, 1.807) is 12.4 Å². The molecule has 90 valence electrons. The highest BCUT2D eigenvalue weighted by Crippen LogP contribution is 2.24. The molecule has 2 aromatic heterocycles. The Balaban J connectivity index is 2.79. The smallest absolute Gasteiger partial charge is 0.374 e. The van der Waals surface area contributed by atoms with Gasteiger partial charge in [0.25, 0.3) is 0 Å². The maximum absolute atomic E-state index is 11.7. The van der Waals surface area contributed by atoms with Crippen molar-refractivity contribution in [3.8, 4) is 0 Å². The van der Waals surface area contributed by atoms with E-state index in [1.165, 1.54) is 7.11 Å². The molecule has 0 amide bonds. The first kappa shape index (κ1) is 11.6. The molecule has 0 saturated carbocycles. The number of fused-ring (bicyclic) bond motifs is 1. The van der Waals surface area contributed by atoms with E-state index in [1.807, 2.05) is 31.4 Å². The third-order valence-electron chi connectivity index (χ3n) is 2.50. The van der Waals surface area contributed by atoms with Crippen LogP contribution in [0.15, 0.2) is 18.5 Å². The average molecular weight is 233 g/mol. The largest absolute Gasteiger partial charge is 0.463 e. The molecule has 0 saturated heterocycles. The first-order chi connectivity index (χ1) is 7.95. The zero-order chi connectivity index (χ0) is 12.6. The van der Waals surface area contributed by atoms with Gasteiger partial charge in [0.05, 0.1) is 18.8 Å². The lowest BCUT2D eigenvalue weighted by Gasteiger charge is -2.23. The molecule has 0 N–H and O–H groups in total. The summed E-state index contributed by atoms with van der Waals surface area (Å²) in [4.78, 5) is 20.0. The molecule has 5 heteroatoms. The van der Waals surface area contributed by atoms with Crippen LogP contribution in [0.3, 0.4) is 0 Å². The van der Waals surface area contributed by atoms with E-state index in [2.05, 4.69) is 9.97 Å². The van der Waals surface area contributed by atoms with Crippen molar-refractivity contribution in [1.29, 1.82) is 0 Å². The SMILES string of the molecule is COC(=O)c1nc2cnccc2n1C(C)(C)C. The Bertz CT molecular complexity index is 567. The summed E-state index contributed by atoms with van der Waals surface area (Å²) < 4.78 is 6.63. The summed E-state index contributed by atoms with van der Waals surface area (Å²) in [5.41, 5.74) is 1.33. The van der Waals surface area contributed by atoms with Crippen LogP contribution in [0.25, 0.3) is 11.0 Å². The van der Waals surface area contributed by atoms with E-state index in [9.17, 15) is 4.79 Å². The van der Waals surface area contributed by atoms with Crippen molar-refractivity contribution in [3.63, 3.8) is 0 Å². The Labute approximate surface area is 99.4 Å². The van der Waals surface area contributed by atoms with E-state index < -0.39 is 5.97 Å².